The van der Waals surface area contributed by atoms with Crippen molar-refractivity contribution < 1.29 is 0 Å². The molecule has 2 heterocycles. The predicted molar refractivity (Wildman–Crippen MR) is 73.2 cm³/mol. The number of nitrogens with one attached hydrogen (secondary N) is 1. The fourth-order valence-electron chi connectivity index (χ4n) is 1.93. The Balaban J connectivity index is 1.82. The minimum Gasteiger partial charge on any atom is -0.345 e. The second kappa shape index (κ2) is 4.59. The van der Waals surface area contributed by atoms with Gasteiger partial charge in [0.2, 0.25) is 5.95 Å². The van der Waals surface area contributed by atoms with E-state index in [0.29, 0.717) is 11.5 Å². The summed E-state index contributed by atoms with van der Waals surface area (Å²) in [5.74, 6) is 0.541. The molecule has 2 aromatic heterocycles. The van der Waals surface area contributed by atoms with Gasteiger partial charge in [0.05, 0.1) is 23.5 Å². The highest BCUT2D eigenvalue weighted by Crippen LogP contribution is 2.47. The van der Waals surface area contributed by atoms with Crippen LogP contribution >= 0.6 is 15.9 Å². The van der Waals surface area contributed by atoms with Crippen LogP contribution in [0.4, 0.5) is 5.95 Å². The Morgan fingerprint density at radius 1 is 1.16 bits per heavy atom. The standard InChI is InChI=1S/C13H10BrN5/c14-11-2-1-10(8-16-11)13(3-4-13)19-12-17-6-9(5-15)7-18-12/h1-2,6-8H,3-4H2,(H,17,18,19). The van der Waals surface area contributed by atoms with E-state index in [9.17, 15) is 0 Å². The number of pyridine rings is 1. The van der Waals surface area contributed by atoms with Gasteiger partial charge in [-0.15, -0.1) is 0 Å². The summed E-state index contributed by atoms with van der Waals surface area (Å²) in [7, 11) is 0. The van der Waals surface area contributed by atoms with Gasteiger partial charge >= 0.3 is 0 Å². The van der Waals surface area contributed by atoms with Crippen LogP contribution in [0.2, 0.25) is 0 Å². The minimum absolute atomic E-state index is 0.109. The molecule has 0 saturated heterocycles. The zero-order chi connectivity index (χ0) is 13.3. The van der Waals surface area contributed by atoms with Crippen molar-refractivity contribution in [1.82, 2.24) is 15.0 Å². The third-order valence-corrected chi connectivity index (χ3v) is 3.63. The summed E-state index contributed by atoms with van der Waals surface area (Å²) >= 11 is 3.33. The zero-order valence-corrected chi connectivity index (χ0v) is 11.6. The van der Waals surface area contributed by atoms with Gasteiger partial charge in [0.1, 0.15) is 10.7 Å². The van der Waals surface area contributed by atoms with Crippen molar-refractivity contribution in [2.75, 3.05) is 5.32 Å². The first-order valence-corrected chi connectivity index (χ1v) is 6.63. The van der Waals surface area contributed by atoms with Crippen LogP contribution in [0, 0.1) is 11.3 Å². The van der Waals surface area contributed by atoms with Gasteiger partial charge in [0.15, 0.2) is 0 Å². The molecule has 3 rings (SSSR count). The van der Waals surface area contributed by atoms with Gasteiger partial charge in [-0.1, -0.05) is 6.07 Å². The average Bonchev–Trinajstić information content (AvgIpc) is 3.21. The van der Waals surface area contributed by atoms with Crippen LogP contribution in [-0.4, -0.2) is 15.0 Å². The van der Waals surface area contributed by atoms with Gasteiger partial charge in [-0.25, -0.2) is 15.0 Å². The van der Waals surface area contributed by atoms with E-state index in [-0.39, 0.29) is 5.54 Å². The molecule has 1 N–H and O–H groups in total. The second-order valence-electron chi connectivity index (χ2n) is 4.48. The number of hydrogen-bond acceptors (Lipinski definition) is 5. The summed E-state index contributed by atoms with van der Waals surface area (Å²) in [6.07, 6.45) is 6.95. The maximum absolute atomic E-state index is 8.71. The number of anilines is 1. The molecule has 0 aliphatic heterocycles. The molecule has 19 heavy (non-hydrogen) atoms. The van der Waals surface area contributed by atoms with Gasteiger partial charge in [-0.3, -0.25) is 0 Å². The maximum atomic E-state index is 8.71. The fraction of sp³-hybridized carbons (Fsp3) is 0.231. The molecule has 0 radical (unpaired) electrons. The van der Waals surface area contributed by atoms with E-state index in [2.05, 4.69) is 36.2 Å². The number of nitriles is 1. The van der Waals surface area contributed by atoms with Gasteiger partial charge in [0.25, 0.3) is 0 Å². The van der Waals surface area contributed by atoms with Crippen LogP contribution in [0.3, 0.4) is 0 Å². The molecule has 0 amide bonds. The molecule has 0 spiro atoms. The Morgan fingerprint density at radius 2 is 1.89 bits per heavy atom. The van der Waals surface area contributed by atoms with E-state index >= 15 is 0 Å². The molecule has 5 nitrogen and oxygen atoms in total. The molecule has 1 saturated carbocycles. The first-order chi connectivity index (χ1) is 9.22. The topological polar surface area (TPSA) is 74.5 Å². The number of aromatic nitrogens is 3. The van der Waals surface area contributed by atoms with Crippen LogP contribution in [0.15, 0.2) is 35.3 Å². The molecule has 94 valence electrons. The lowest BCUT2D eigenvalue weighted by Crippen LogP contribution is -2.20. The predicted octanol–water partition coefficient (Wildman–Crippen LogP) is 2.61. The summed E-state index contributed by atoms with van der Waals surface area (Å²) in [5.41, 5.74) is 1.48. The molecule has 1 aliphatic rings. The fourth-order valence-corrected chi connectivity index (χ4v) is 2.17. The van der Waals surface area contributed by atoms with Crippen LogP contribution < -0.4 is 5.32 Å². The van der Waals surface area contributed by atoms with Crippen molar-refractivity contribution in [1.29, 1.82) is 5.26 Å². The Hall–Kier alpha value is -2.00. The summed E-state index contributed by atoms with van der Waals surface area (Å²) in [6.45, 7) is 0. The number of halogens is 1. The van der Waals surface area contributed by atoms with Crippen molar-refractivity contribution in [3.05, 3.63) is 46.5 Å². The van der Waals surface area contributed by atoms with Gasteiger partial charge in [-0.05, 0) is 40.4 Å². The molecule has 0 atom stereocenters. The van der Waals surface area contributed by atoms with Crippen molar-refractivity contribution in [2.24, 2.45) is 0 Å². The molecule has 6 heteroatoms. The Kier molecular flexibility index (Phi) is 2.91. The Morgan fingerprint density at radius 3 is 2.42 bits per heavy atom. The smallest absolute Gasteiger partial charge is 0.223 e. The molecule has 1 fully saturated rings. The van der Waals surface area contributed by atoms with Crippen LogP contribution in [0.25, 0.3) is 0 Å². The monoisotopic (exact) mass is 315 g/mol. The molecule has 1 aliphatic carbocycles. The van der Waals surface area contributed by atoms with Gasteiger partial charge < -0.3 is 5.32 Å². The van der Waals surface area contributed by atoms with E-state index in [1.54, 1.807) is 0 Å². The van der Waals surface area contributed by atoms with Crippen molar-refractivity contribution >= 4 is 21.9 Å². The highest BCUT2D eigenvalue weighted by Gasteiger charge is 2.45. The van der Waals surface area contributed by atoms with Crippen LogP contribution in [0.1, 0.15) is 24.0 Å². The average molecular weight is 316 g/mol. The first kappa shape index (κ1) is 12.1. The second-order valence-corrected chi connectivity index (χ2v) is 5.30. The Bertz CT molecular complexity index is 626. The largest absolute Gasteiger partial charge is 0.345 e. The van der Waals surface area contributed by atoms with Crippen LogP contribution in [-0.2, 0) is 5.54 Å². The summed E-state index contributed by atoms with van der Waals surface area (Å²) < 4.78 is 0.821. The lowest BCUT2D eigenvalue weighted by molar-refractivity contribution is 0.782. The van der Waals surface area contributed by atoms with Crippen molar-refractivity contribution in [2.45, 2.75) is 18.4 Å². The molecule has 2 aromatic rings. The first-order valence-electron chi connectivity index (χ1n) is 5.84. The van der Waals surface area contributed by atoms with Gasteiger partial charge in [-0.2, -0.15) is 5.26 Å². The van der Waals surface area contributed by atoms with E-state index in [1.807, 2.05) is 24.4 Å². The van der Waals surface area contributed by atoms with Crippen LogP contribution in [0.5, 0.6) is 0 Å². The third-order valence-electron chi connectivity index (χ3n) is 3.16. The molecular weight excluding hydrogens is 306 g/mol. The lowest BCUT2D eigenvalue weighted by Gasteiger charge is -2.17. The normalized spacial score (nSPS) is 15.6. The molecular formula is C13H10BrN5. The SMILES string of the molecule is N#Cc1cnc(NC2(c3ccc(Br)nc3)CC2)nc1. The maximum Gasteiger partial charge on any atom is 0.223 e. The van der Waals surface area contributed by atoms with Crippen molar-refractivity contribution in [3.63, 3.8) is 0 Å². The zero-order valence-electron chi connectivity index (χ0n) is 9.97. The van der Waals surface area contributed by atoms with E-state index in [4.69, 9.17) is 5.26 Å². The summed E-state index contributed by atoms with van der Waals surface area (Å²) in [5, 5.41) is 12.0. The number of nitrogens with zero attached hydrogens (tertiary/aromatic N) is 4. The minimum atomic E-state index is -0.109. The van der Waals surface area contributed by atoms with E-state index < -0.39 is 0 Å². The van der Waals surface area contributed by atoms with E-state index in [1.165, 1.54) is 12.4 Å². The highest BCUT2D eigenvalue weighted by molar-refractivity contribution is 9.10. The molecule has 0 aromatic carbocycles. The number of hydrogen-bond donors (Lipinski definition) is 1. The highest BCUT2D eigenvalue weighted by atomic mass is 79.9. The molecule has 0 unspecified atom stereocenters. The quantitative estimate of drug-likeness (QED) is 0.881. The third kappa shape index (κ3) is 2.42. The number of rotatable bonds is 3. The summed E-state index contributed by atoms with van der Waals surface area (Å²) in [4.78, 5) is 12.5. The Labute approximate surface area is 118 Å². The lowest BCUT2D eigenvalue weighted by atomic mass is 10.1. The van der Waals surface area contributed by atoms with Gasteiger partial charge in [0, 0.05) is 6.20 Å². The summed E-state index contributed by atoms with van der Waals surface area (Å²) in [6, 6.07) is 5.97. The molecule has 0 bridgehead atoms. The van der Waals surface area contributed by atoms with E-state index in [0.717, 1.165) is 23.0 Å². The van der Waals surface area contributed by atoms with Crippen molar-refractivity contribution in [3.8, 4) is 6.07 Å².